The molecule has 0 N–H and O–H groups in total. The van der Waals surface area contributed by atoms with Gasteiger partial charge in [0.1, 0.15) is 0 Å². The molecule has 2 aliphatic rings. The van der Waals surface area contributed by atoms with Gasteiger partial charge in [-0.25, -0.2) is 0 Å². The van der Waals surface area contributed by atoms with Crippen LogP contribution in [0.15, 0.2) is 23.8 Å². The first-order valence-electron chi connectivity index (χ1n) is 5.96. The van der Waals surface area contributed by atoms with Gasteiger partial charge in [0.15, 0.2) is 17.3 Å². The summed E-state index contributed by atoms with van der Waals surface area (Å²) in [7, 11) is 0. The van der Waals surface area contributed by atoms with Crippen molar-refractivity contribution in [3.8, 4) is 11.5 Å². The second kappa shape index (κ2) is 4.24. The van der Waals surface area contributed by atoms with Gasteiger partial charge in [-0.05, 0) is 48.6 Å². The predicted octanol–water partition coefficient (Wildman–Crippen LogP) is 2.94. The van der Waals surface area contributed by atoms with Gasteiger partial charge in [0.25, 0.3) is 0 Å². The number of benzene rings is 1. The Labute approximate surface area is 100 Å². The summed E-state index contributed by atoms with van der Waals surface area (Å²) in [4.78, 5) is 11.7. The number of carbonyl (C=O) groups is 1. The fraction of sp³-hybridized carbons (Fsp3) is 0.357. The highest BCUT2D eigenvalue weighted by Crippen LogP contribution is 2.33. The largest absolute Gasteiger partial charge is 0.454 e. The van der Waals surface area contributed by atoms with Crippen LogP contribution in [0.2, 0.25) is 0 Å². The molecule has 0 saturated heterocycles. The highest BCUT2D eigenvalue weighted by atomic mass is 16.7. The summed E-state index contributed by atoms with van der Waals surface area (Å²) in [5, 5.41) is 0. The molecule has 1 aromatic rings. The fourth-order valence-corrected chi connectivity index (χ4v) is 2.26. The highest BCUT2D eigenvalue weighted by molar-refractivity contribution is 6.00. The zero-order valence-electron chi connectivity index (χ0n) is 9.57. The summed E-state index contributed by atoms with van der Waals surface area (Å²) in [5.41, 5.74) is 1.95. The SMILES string of the molecule is O=C1CCCC/C1=C\c1ccc2c(c1)OCO2. The Morgan fingerprint density at radius 3 is 2.76 bits per heavy atom. The molecule has 3 heteroatoms. The van der Waals surface area contributed by atoms with E-state index in [0.29, 0.717) is 6.42 Å². The van der Waals surface area contributed by atoms with E-state index in [1.807, 2.05) is 24.3 Å². The number of ketones is 1. The molecule has 1 aliphatic heterocycles. The van der Waals surface area contributed by atoms with Gasteiger partial charge in [-0.15, -0.1) is 0 Å². The Morgan fingerprint density at radius 2 is 1.88 bits per heavy atom. The van der Waals surface area contributed by atoms with Crippen LogP contribution in [0.4, 0.5) is 0 Å². The molecule has 0 bridgehead atoms. The van der Waals surface area contributed by atoms with Crippen molar-refractivity contribution < 1.29 is 14.3 Å². The van der Waals surface area contributed by atoms with Crippen LogP contribution >= 0.6 is 0 Å². The van der Waals surface area contributed by atoms with Crippen LogP contribution in [-0.4, -0.2) is 12.6 Å². The molecule has 1 saturated carbocycles. The van der Waals surface area contributed by atoms with Gasteiger partial charge in [-0.1, -0.05) is 6.07 Å². The van der Waals surface area contributed by atoms with Gasteiger partial charge in [-0.2, -0.15) is 0 Å². The van der Waals surface area contributed by atoms with Gasteiger partial charge in [-0.3, -0.25) is 4.79 Å². The third-order valence-corrected chi connectivity index (χ3v) is 3.20. The maximum Gasteiger partial charge on any atom is 0.231 e. The number of rotatable bonds is 1. The first-order valence-corrected chi connectivity index (χ1v) is 5.96. The Morgan fingerprint density at radius 1 is 1.06 bits per heavy atom. The number of hydrogen-bond donors (Lipinski definition) is 0. The minimum atomic E-state index is 0.286. The molecule has 0 unspecified atom stereocenters. The summed E-state index contributed by atoms with van der Waals surface area (Å²) < 4.78 is 10.6. The van der Waals surface area contributed by atoms with Crippen LogP contribution in [-0.2, 0) is 4.79 Å². The quantitative estimate of drug-likeness (QED) is 0.696. The molecule has 0 amide bonds. The monoisotopic (exact) mass is 230 g/mol. The van der Waals surface area contributed by atoms with Crippen molar-refractivity contribution in [2.45, 2.75) is 25.7 Å². The van der Waals surface area contributed by atoms with Crippen LogP contribution in [0.1, 0.15) is 31.2 Å². The highest BCUT2D eigenvalue weighted by Gasteiger charge is 2.16. The Kier molecular flexibility index (Phi) is 2.59. The smallest absolute Gasteiger partial charge is 0.231 e. The van der Waals surface area contributed by atoms with E-state index in [0.717, 1.165) is 41.9 Å². The summed E-state index contributed by atoms with van der Waals surface area (Å²) in [6.07, 6.45) is 5.70. The van der Waals surface area contributed by atoms with E-state index in [1.54, 1.807) is 0 Å². The standard InChI is InChI=1S/C14H14O3/c15-12-4-2-1-3-11(12)7-10-5-6-13-14(8-10)17-9-16-13/h5-8H,1-4,9H2/b11-7+. The molecule has 1 aromatic carbocycles. The molecule has 1 aliphatic carbocycles. The van der Waals surface area contributed by atoms with Crippen molar-refractivity contribution >= 4 is 11.9 Å². The summed E-state index contributed by atoms with van der Waals surface area (Å²) >= 11 is 0. The summed E-state index contributed by atoms with van der Waals surface area (Å²) in [6, 6.07) is 5.78. The molecule has 3 nitrogen and oxygen atoms in total. The molecule has 1 fully saturated rings. The van der Waals surface area contributed by atoms with E-state index in [9.17, 15) is 4.79 Å². The van der Waals surface area contributed by atoms with Crippen LogP contribution in [0.25, 0.3) is 6.08 Å². The Hall–Kier alpha value is -1.77. The van der Waals surface area contributed by atoms with E-state index in [4.69, 9.17) is 9.47 Å². The van der Waals surface area contributed by atoms with Crippen molar-refractivity contribution in [3.63, 3.8) is 0 Å². The van der Waals surface area contributed by atoms with E-state index in [-0.39, 0.29) is 12.6 Å². The second-order valence-corrected chi connectivity index (χ2v) is 4.41. The van der Waals surface area contributed by atoms with Gasteiger partial charge in [0.2, 0.25) is 6.79 Å². The number of allylic oxidation sites excluding steroid dienone is 1. The Bertz CT molecular complexity index is 488. The first-order chi connectivity index (χ1) is 8.33. The molecule has 3 rings (SSSR count). The number of carbonyl (C=O) groups excluding carboxylic acids is 1. The molecule has 1 heterocycles. The average molecular weight is 230 g/mol. The zero-order chi connectivity index (χ0) is 11.7. The minimum Gasteiger partial charge on any atom is -0.454 e. The van der Waals surface area contributed by atoms with E-state index in [1.165, 1.54) is 0 Å². The summed E-state index contributed by atoms with van der Waals surface area (Å²) in [5.74, 6) is 1.83. The van der Waals surface area contributed by atoms with Gasteiger partial charge >= 0.3 is 0 Å². The lowest BCUT2D eigenvalue weighted by Crippen LogP contribution is -2.07. The van der Waals surface area contributed by atoms with Crippen molar-refractivity contribution in [1.82, 2.24) is 0 Å². The Balaban J connectivity index is 1.89. The number of ether oxygens (including phenoxy) is 2. The minimum absolute atomic E-state index is 0.286. The molecule has 0 aromatic heterocycles. The maximum atomic E-state index is 11.7. The van der Waals surface area contributed by atoms with Crippen LogP contribution < -0.4 is 9.47 Å². The molecule has 17 heavy (non-hydrogen) atoms. The third kappa shape index (κ3) is 2.05. The lowest BCUT2D eigenvalue weighted by Gasteiger charge is -2.12. The van der Waals surface area contributed by atoms with Crippen LogP contribution in [0, 0.1) is 0 Å². The van der Waals surface area contributed by atoms with E-state index in [2.05, 4.69) is 0 Å². The van der Waals surface area contributed by atoms with Crippen molar-refractivity contribution in [1.29, 1.82) is 0 Å². The predicted molar refractivity (Wildman–Crippen MR) is 64.0 cm³/mol. The summed E-state index contributed by atoms with van der Waals surface area (Å²) in [6.45, 7) is 0.286. The number of hydrogen-bond acceptors (Lipinski definition) is 3. The topological polar surface area (TPSA) is 35.5 Å². The van der Waals surface area contributed by atoms with Gasteiger partial charge < -0.3 is 9.47 Å². The first kappa shape index (κ1) is 10.4. The molecular weight excluding hydrogens is 216 g/mol. The molecule has 88 valence electrons. The molecule has 0 atom stereocenters. The molecule has 0 spiro atoms. The fourth-order valence-electron chi connectivity index (χ4n) is 2.26. The number of fused-ring (bicyclic) bond motifs is 1. The van der Waals surface area contributed by atoms with Gasteiger partial charge in [0.05, 0.1) is 0 Å². The van der Waals surface area contributed by atoms with Crippen LogP contribution in [0.3, 0.4) is 0 Å². The second-order valence-electron chi connectivity index (χ2n) is 4.41. The zero-order valence-corrected chi connectivity index (χ0v) is 9.57. The normalized spacial score (nSPS) is 20.9. The van der Waals surface area contributed by atoms with E-state index < -0.39 is 0 Å². The van der Waals surface area contributed by atoms with Crippen LogP contribution in [0.5, 0.6) is 11.5 Å². The number of Topliss-reactive ketones (excluding diaryl/α,β-unsaturated/α-hetero) is 1. The lowest BCUT2D eigenvalue weighted by atomic mass is 9.92. The van der Waals surface area contributed by atoms with Gasteiger partial charge in [0, 0.05) is 6.42 Å². The molecule has 0 radical (unpaired) electrons. The van der Waals surface area contributed by atoms with Crippen molar-refractivity contribution in [2.24, 2.45) is 0 Å². The van der Waals surface area contributed by atoms with Crippen molar-refractivity contribution in [3.05, 3.63) is 29.3 Å². The maximum absolute atomic E-state index is 11.7. The average Bonchev–Trinajstić information content (AvgIpc) is 2.79. The van der Waals surface area contributed by atoms with Crippen molar-refractivity contribution in [2.75, 3.05) is 6.79 Å². The third-order valence-electron chi connectivity index (χ3n) is 3.20. The van der Waals surface area contributed by atoms with E-state index >= 15 is 0 Å². The lowest BCUT2D eigenvalue weighted by molar-refractivity contribution is -0.116. The molecular formula is C14H14O3.